The third-order valence-electron chi connectivity index (χ3n) is 5.81. The molecule has 172 valence electrons. The molecule has 4 rings (SSSR count). The summed E-state index contributed by atoms with van der Waals surface area (Å²) in [5, 5.41) is 8.07. The molecule has 0 saturated carbocycles. The molecule has 1 atom stereocenters. The van der Waals surface area contributed by atoms with Crippen LogP contribution in [0, 0.1) is 5.92 Å². The molecule has 0 bridgehead atoms. The molecule has 3 aromatic rings. The molecule has 1 fully saturated rings. The maximum Gasteiger partial charge on any atom is 0.279 e. The molecule has 1 aromatic heterocycles. The Labute approximate surface area is 196 Å². The highest BCUT2D eigenvalue weighted by molar-refractivity contribution is 6.32. The predicted molar refractivity (Wildman–Crippen MR) is 126 cm³/mol. The van der Waals surface area contributed by atoms with Gasteiger partial charge in [-0.1, -0.05) is 36.7 Å². The number of likely N-dealkylation sites (tertiary alicyclic amines) is 1. The molecule has 9 heteroatoms. The SMILES string of the molecule is COc1ccc(-n2nc(C(=O)NCC(=O)N3CCC[C@@H](C)C3)c3ccccc3c2=O)cc1Cl. The van der Waals surface area contributed by atoms with Crippen LogP contribution in [0.2, 0.25) is 5.02 Å². The van der Waals surface area contributed by atoms with Gasteiger partial charge in [0.05, 0.1) is 29.8 Å². The smallest absolute Gasteiger partial charge is 0.279 e. The first-order valence-corrected chi connectivity index (χ1v) is 11.2. The van der Waals surface area contributed by atoms with Crippen LogP contribution in [0.15, 0.2) is 47.3 Å². The Balaban J connectivity index is 1.66. The summed E-state index contributed by atoms with van der Waals surface area (Å²) in [5.41, 5.74) is 0.0581. The van der Waals surface area contributed by atoms with Gasteiger partial charge in [0.2, 0.25) is 5.91 Å². The number of piperidine rings is 1. The highest BCUT2D eigenvalue weighted by Crippen LogP contribution is 2.26. The van der Waals surface area contributed by atoms with Crippen LogP contribution in [0.1, 0.15) is 30.3 Å². The molecule has 0 radical (unpaired) electrons. The van der Waals surface area contributed by atoms with Crippen molar-refractivity contribution in [1.29, 1.82) is 0 Å². The summed E-state index contributed by atoms with van der Waals surface area (Å²) in [6.45, 7) is 3.38. The number of ether oxygens (including phenoxy) is 1. The molecule has 33 heavy (non-hydrogen) atoms. The normalized spacial score (nSPS) is 16.0. The minimum Gasteiger partial charge on any atom is -0.495 e. The topological polar surface area (TPSA) is 93.5 Å². The van der Waals surface area contributed by atoms with Gasteiger partial charge in [0.15, 0.2) is 5.69 Å². The van der Waals surface area contributed by atoms with Crippen LogP contribution >= 0.6 is 11.6 Å². The van der Waals surface area contributed by atoms with Gasteiger partial charge in [-0.05, 0) is 43.0 Å². The number of hydrogen-bond acceptors (Lipinski definition) is 5. The van der Waals surface area contributed by atoms with E-state index in [0.717, 1.165) is 17.5 Å². The Kier molecular flexibility index (Phi) is 6.65. The first-order chi connectivity index (χ1) is 15.9. The van der Waals surface area contributed by atoms with Gasteiger partial charge in [0, 0.05) is 18.5 Å². The summed E-state index contributed by atoms with van der Waals surface area (Å²) in [7, 11) is 1.50. The van der Waals surface area contributed by atoms with E-state index in [1.807, 2.05) is 0 Å². The van der Waals surface area contributed by atoms with Gasteiger partial charge >= 0.3 is 0 Å². The van der Waals surface area contributed by atoms with Crippen molar-refractivity contribution in [3.05, 3.63) is 63.5 Å². The molecular weight excluding hydrogens is 444 g/mol. The van der Waals surface area contributed by atoms with Crippen LogP contribution in [0.3, 0.4) is 0 Å². The monoisotopic (exact) mass is 468 g/mol. The molecule has 8 nitrogen and oxygen atoms in total. The van der Waals surface area contributed by atoms with E-state index in [0.29, 0.717) is 46.2 Å². The molecule has 2 heterocycles. The van der Waals surface area contributed by atoms with E-state index >= 15 is 0 Å². The van der Waals surface area contributed by atoms with Crippen LogP contribution in [0.25, 0.3) is 16.5 Å². The standard InChI is InChI=1S/C24H25ClN4O4/c1-15-6-5-11-28(14-15)21(30)13-26-23(31)22-17-7-3-4-8-18(17)24(32)29(27-22)16-9-10-20(33-2)19(25)12-16/h3-4,7-10,12,15H,5-6,11,13-14H2,1-2H3,(H,26,31)/t15-/m1/s1. The number of halogens is 1. The molecule has 0 unspecified atom stereocenters. The van der Waals surface area contributed by atoms with Crippen molar-refractivity contribution in [2.45, 2.75) is 19.8 Å². The summed E-state index contributed by atoms with van der Waals surface area (Å²) >= 11 is 6.23. The zero-order valence-corrected chi connectivity index (χ0v) is 19.3. The molecule has 1 saturated heterocycles. The number of nitrogens with one attached hydrogen (secondary N) is 1. The van der Waals surface area contributed by atoms with E-state index in [1.165, 1.54) is 7.11 Å². The lowest BCUT2D eigenvalue weighted by Crippen LogP contribution is -2.44. The number of methoxy groups -OCH3 is 1. The molecule has 2 amide bonds. The third-order valence-corrected chi connectivity index (χ3v) is 6.11. The summed E-state index contributed by atoms with van der Waals surface area (Å²) < 4.78 is 6.31. The minimum absolute atomic E-state index is 0.0527. The Morgan fingerprint density at radius 3 is 2.67 bits per heavy atom. The number of fused-ring (bicyclic) bond motifs is 1. The highest BCUT2D eigenvalue weighted by atomic mass is 35.5. The van der Waals surface area contributed by atoms with Crippen molar-refractivity contribution in [1.82, 2.24) is 20.0 Å². The minimum atomic E-state index is -0.530. The fourth-order valence-electron chi connectivity index (χ4n) is 4.09. The Hall–Kier alpha value is -3.39. The predicted octanol–water partition coefficient (Wildman–Crippen LogP) is 3.04. The van der Waals surface area contributed by atoms with Crippen LogP contribution in [-0.4, -0.2) is 53.2 Å². The molecule has 1 aliphatic heterocycles. The van der Waals surface area contributed by atoms with E-state index in [9.17, 15) is 14.4 Å². The van der Waals surface area contributed by atoms with E-state index in [4.69, 9.17) is 16.3 Å². The van der Waals surface area contributed by atoms with Crippen molar-refractivity contribution < 1.29 is 14.3 Å². The van der Waals surface area contributed by atoms with Crippen LogP contribution in [0.4, 0.5) is 0 Å². The molecular formula is C24H25ClN4O4. The van der Waals surface area contributed by atoms with Crippen molar-refractivity contribution >= 4 is 34.2 Å². The van der Waals surface area contributed by atoms with Gasteiger partial charge < -0.3 is 15.0 Å². The summed E-state index contributed by atoms with van der Waals surface area (Å²) in [5.74, 6) is 0.245. The number of amides is 2. The number of carbonyl (C=O) groups excluding carboxylic acids is 2. The molecule has 1 N–H and O–H groups in total. The van der Waals surface area contributed by atoms with Crippen LogP contribution in [-0.2, 0) is 4.79 Å². The third kappa shape index (κ3) is 4.71. The second-order valence-corrected chi connectivity index (χ2v) is 8.61. The average Bonchev–Trinajstić information content (AvgIpc) is 2.82. The van der Waals surface area contributed by atoms with Gasteiger partial charge in [-0.25, -0.2) is 0 Å². The average molecular weight is 469 g/mol. The van der Waals surface area contributed by atoms with Gasteiger partial charge in [-0.2, -0.15) is 9.78 Å². The highest BCUT2D eigenvalue weighted by Gasteiger charge is 2.23. The van der Waals surface area contributed by atoms with Crippen LogP contribution < -0.4 is 15.6 Å². The number of hydrogen-bond donors (Lipinski definition) is 1. The Bertz CT molecular complexity index is 1270. The second kappa shape index (κ2) is 9.62. The zero-order valence-electron chi connectivity index (χ0n) is 18.5. The number of carbonyl (C=O) groups is 2. The van der Waals surface area contributed by atoms with E-state index in [-0.39, 0.29) is 23.7 Å². The Morgan fingerprint density at radius 2 is 1.97 bits per heavy atom. The number of rotatable bonds is 5. The molecule has 1 aliphatic rings. The summed E-state index contributed by atoms with van der Waals surface area (Å²) in [4.78, 5) is 40.5. The lowest BCUT2D eigenvalue weighted by molar-refractivity contribution is -0.131. The van der Waals surface area contributed by atoms with Crippen molar-refractivity contribution in [2.24, 2.45) is 5.92 Å². The number of nitrogens with zero attached hydrogens (tertiary/aromatic N) is 3. The first-order valence-electron chi connectivity index (χ1n) is 10.8. The van der Waals surface area contributed by atoms with Crippen LogP contribution in [0.5, 0.6) is 5.75 Å². The fourth-order valence-corrected chi connectivity index (χ4v) is 4.34. The second-order valence-electron chi connectivity index (χ2n) is 8.20. The summed E-state index contributed by atoms with van der Waals surface area (Å²) in [6, 6.07) is 11.6. The Morgan fingerprint density at radius 1 is 1.21 bits per heavy atom. The number of benzene rings is 2. The van der Waals surface area contributed by atoms with Crippen molar-refractivity contribution in [3.63, 3.8) is 0 Å². The summed E-state index contributed by atoms with van der Waals surface area (Å²) in [6.07, 6.45) is 2.06. The largest absolute Gasteiger partial charge is 0.495 e. The van der Waals surface area contributed by atoms with E-state index in [2.05, 4.69) is 17.3 Å². The van der Waals surface area contributed by atoms with Gasteiger partial charge in [0.1, 0.15) is 5.75 Å². The molecule has 2 aromatic carbocycles. The molecule has 0 spiro atoms. The lowest BCUT2D eigenvalue weighted by atomic mass is 10.0. The fraction of sp³-hybridized carbons (Fsp3) is 0.333. The van der Waals surface area contributed by atoms with E-state index in [1.54, 1.807) is 47.4 Å². The molecule has 0 aliphatic carbocycles. The van der Waals surface area contributed by atoms with Gasteiger partial charge in [-0.3, -0.25) is 14.4 Å². The first kappa shape index (κ1) is 22.8. The zero-order chi connectivity index (χ0) is 23.5. The maximum atomic E-state index is 13.1. The van der Waals surface area contributed by atoms with Gasteiger partial charge in [0.25, 0.3) is 11.5 Å². The van der Waals surface area contributed by atoms with Crippen molar-refractivity contribution in [2.75, 3.05) is 26.7 Å². The van der Waals surface area contributed by atoms with E-state index < -0.39 is 5.91 Å². The van der Waals surface area contributed by atoms with Crippen molar-refractivity contribution in [3.8, 4) is 11.4 Å². The maximum absolute atomic E-state index is 13.1. The number of aromatic nitrogens is 2. The van der Waals surface area contributed by atoms with Gasteiger partial charge in [-0.15, -0.1) is 0 Å². The quantitative estimate of drug-likeness (QED) is 0.621. The lowest BCUT2D eigenvalue weighted by Gasteiger charge is -2.31.